The molecule has 2 aromatic rings. The Morgan fingerprint density at radius 1 is 1.42 bits per heavy atom. The van der Waals surface area contributed by atoms with Crippen LogP contribution in [0.1, 0.15) is 19.2 Å². The minimum Gasteiger partial charge on any atom is -0.453 e. The average Bonchev–Trinajstić information content (AvgIpc) is 3.23. The van der Waals surface area contributed by atoms with Gasteiger partial charge in [-0.05, 0) is 18.4 Å². The van der Waals surface area contributed by atoms with Gasteiger partial charge in [0.1, 0.15) is 0 Å². The van der Waals surface area contributed by atoms with Gasteiger partial charge in [0.2, 0.25) is 11.7 Å². The van der Waals surface area contributed by atoms with Gasteiger partial charge in [0.25, 0.3) is 5.91 Å². The third kappa shape index (κ3) is 4.88. The number of aromatic nitrogens is 2. The fraction of sp³-hybridized carbons (Fsp3) is 0.357. The van der Waals surface area contributed by atoms with Gasteiger partial charge in [0.05, 0.1) is 11.3 Å². The lowest BCUT2D eigenvalue weighted by Crippen LogP contribution is -2.43. The molecular formula is C14H16N4O5S. The number of rotatable bonds is 6. The van der Waals surface area contributed by atoms with Crippen LogP contribution in [0.25, 0.3) is 10.7 Å². The smallest absolute Gasteiger partial charge is 0.321 e. The summed E-state index contributed by atoms with van der Waals surface area (Å²) < 4.78 is 10.0. The Morgan fingerprint density at radius 3 is 2.88 bits per heavy atom. The van der Waals surface area contributed by atoms with Gasteiger partial charge >= 0.3 is 12.0 Å². The van der Waals surface area contributed by atoms with Gasteiger partial charge in [-0.25, -0.2) is 4.79 Å². The predicted molar refractivity (Wildman–Crippen MR) is 84.1 cm³/mol. The Balaban J connectivity index is 1.79. The Morgan fingerprint density at radius 2 is 2.21 bits per heavy atom. The molecule has 0 fully saturated rings. The second kappa shape index (κ2) is 8.20. The number of amides is 3. The number of nitrogens with zero attached hydrogens (tertiary/aromatic N) is 2. The quantitative estimate of drug-likeness (QED) is 0.747. The molecule has 0 spiro atoms. The van der Waals surface area contributed by atoms with Crippen LogP contribution >= 0.6 is 11.3 Å². The summed E-state index contributed by atoms with van der Waals surface area (Å²) >= 11 is 1.48. The number of esters is 1. The summed E-state index contributed by atoms with van der Waals surface area (Å²) in [5.74, 6) is -0.546. The summed E-state index contributed by atoms with van der Waals surface area (Å²) in [4.78, 5) is 39.4. The van der Waals surface area contributed by atoms with Gasteiger partial charge in [0, 0.05) is 13.5 Å². The second-order valence-corrected chi connectivity index (χ2v) is 5.64. The van der Waals surface area contributed by atoms with E-state index in [9.17, 15) is 14.4 Å². The highest BCUT2D eigenvalue weighted by atomic mass is 32.1. The van der Waals surface area contributed by atoms with Crippen molar-refractivity contribution in [3.63, 3.8) is 0 Å². The molecule has 2 rings (SSSR count). The molecule has 0 saturated heterocycles. The van der Waals surface area contributed by atoms with Gasteiger partial charge in [-0.3, -0.25) is 14.9 Å². The number of carbonyl (C=O) groups is 3. The molecule has 10 heteroatoms. The van der Waals surface area contributed by atoms with Crippen LogP contribution in [0.4, 0.5) is 4.79 Å². The monoisotopic (exact) mass is 352 g/mol. The van der Waals surface area contributed by atoms with Crippen LogP contribution in [0.15, 0.2) is 22.0 Å². The number of carbonyl (C=O) groups excluding carboxylic acids is 3. The van der Waals surface area contributed by atoms with Gasteiger partial charge in [-0.2, -0.15) is 4.98 Å². The number of imide groups is 1. The Kier molecular flexibility index (Phi) is 6.01. The molecule has 128 valence electrons. The van der Waals surface area contributed by atoms with Gasteiger partial charge in [0.15, 0.2) is 6.10 Å². The summed E-state index contributed by atoms with van der Waals surface area (Å²) in [5, 5.41) is 9.98. The highest BCUT2D eigenvalue weighted by Gasteiger charge is 2.20. The zero-order valence-electron chi connectivity index (χ0n) is 13.1. The zero-order valence-corrected chi connectivity index (χ0v) is 13.9. The van der Waals surface area contributed by atoms with Crippen molar-refractivity contribution in [3.05, 3.63) is 23.4 Å². The number of aryl methyl sites for hydroxylation is 1. The molecule has 0 aliphatic rings. The maximum Gasteiger partial charge on any atom is 0.321 e. The normalized spacial score (nSPS) is 11.6. The lowest BCUT2D eigenvalue weighted by Gasteiger charge is -2.12. The van der Waals surface area contributed by atoms with Crippen molar-refractivity contribution in [2.75, 3.05) is 7.05 Å². The average molecular weight is 352 g/mol. The van der Waals surface area contributed by atoms with Gasteiger partial charge < -0.3 is 14.6 Å². The third-order valence-corrected chi connectivity index (χ3v) is 3.76. The van der Waals surface area contributed by atoms with E-state index in [1.807, 2.05) is 22.8 Å². The second-order valence-electron chi connectivity index (χ2n) is 4.69. The van der Waals surface area contributed by atoms with Crippen LogP contribution in [-0.2, 0) is 20.7 Å². The molecule has 0 bridgehead atoms. The SMILES string of the molecule is CNC(=O)NC(=O)[C@H](C)OC(=O)CCc1nc(-c2cccs2)no1. The van der Waals surface area contributed by atoms with Crippen molar-refractivity contribution in [2.45, 2.75) is 25.9 Å². The topological polar surface area (TPSA) is 123 Å². The third-order valence-electron chi connectivity index (χ3n) is 2.89. The highest BCUT2D eigenvalue weighted by Crippen LogP contribution is 2.21. The Bertz CT molecular complexity index is 713. The van der Waals surface area contributed by atoms with Crippen LogP contribution in [-0.4, -0.2) is 41.2 Å². The molecule has 0 radical (unpaired) electrons. The van der Waals surface area contributed by atoms with E-state index in [0.29, 0.717) is 11.7 Å². The zero-order chi connectivity index (χ0) is 17.5. The number of hydrogen-bond donors (Lipinski definition) is 2. The molecule has 24 heavy (non-hydrogen) atoms. The van der Waals surface area contributed by atoms with E-state index in [-0.39, 0.29) is 12.8 Å². The van der Waals surface area contributed by atoms with Crippen LogP contribution in [0.3, 0.4) is 0 Å². The van der Waals surface area contributed by atoms with Crippen molar-refractivity contribution < 1.29 is 23.6 Å². The summed E-state index contributed by atoms with van der Waals surface area (Å²) in [6.45, 7) is 1.37. The molecule has 2 heterocycles. The molecule has 1 atom stereocenters. The van der Waals surface area contributed by atoms with Crippen molar-refractivity contribution in [1.82, 2.24) is 20.8 Å². The maximum absolute atomic E-state index is 11.7. The highest BCUT2D eigenvalue weighted by molar-refractivity contribution is 7.13. The first-order chi connectivity index (χ1) is 11.5. The van der Waals surface area contributed by atoms with E-state index in [1.165, 1.54) is 25.3 Å². The molecule has 9 nitrogen and oxygen atoms in total. The first-order valence-electron chi connectivity index (χ1n) is 7.08. The van der Waals surface area contributed by atoms with Crippen molar-refractivity contribution in [2.24, 2.45) is 0 Å². The van der Waals surface area contributed by atoms with E-state index in [4.69, 9.17) is 9.26 Å². The van der Waals surface area contributed by atoms with Crippen LogP contribution in [0.2, 0.25) is 0 Å². The lowest BCUT2D eigenvalue weighted by molar-refractivity contribution is -0.154. The summed E-state index contributed by atoms with van der Waals surface area (Å²) in [6.07, 6.45) is -0.913. The summed E-state index contributed by atoms with van der Waals surface area (Å²) in [5.41, 5.74) is 0. The molecule has 2 aromatic heterocycles. The van der Waals surface area contributed by atoms with Crippen molar-refractivity contribution >= 4 is 29.2 Å². The van der Waals surface area contributed by atoms with E-state index in [2.05, 4.69) is 15.5 Å². The summed E-state index contributed by atoms with van der Waals surface area (Å²) in [6, 6.07) is 3.06. The van der Waals surface area contributed by atoms with Crippen LogP contribution in [0, 0.1) is 0 Å². The minimum atomic E-state index is -1.08. The van der Waals surface area contributed by atoms with Crippen molar-refractivity contribution in [3.8, 4) is 10.7 Å². The summed E-state index contributed by atoms with van der Waals surface area (Å²) in [7, 11) is 1.37. The molecule has 3 amide bonds. The number of hydrogen-bond acceptors (Lipinski definition) is 8. The van der Waals surface area contributed by atoms with Crippen molar-refractivity contribution in [1.29, 1.82) is 0 Å². The molecule has 0 aliphatic heterocycles. The van der Waals surface area contributed by atoms with Crippen LogP contribution in [0.5, 0.6) is 0 Å². The fourth-order valence-corrected chi connectivity index (χ4v) is 2.31. The lowest BCUT2D eigenvalue weighted by atomic mass is 10.3. The first kappa shape index (κ1) is 17.6. The van der Waals surface area contributed by atoms with Crippen LogP contribution < -0.4 is 10.6 Å². The van der Waals surface area contributed by atoms with E-state index in [1.54, 1.807) is 0 Å². The standard InChI is InChI=1S/C14H16N4O5S/c1-8(13(20)17-14(21)15-2)22-11(19)6-5-10-16-12(18-23-10)9-4-3-7-24-9/h3-4,7-8H,5-6H2,1-2H3,(H2,15,17,20,21)/t8-/m0/s1. The molecule has 0 aromatic carbocycles. The fourth-order valence-electron chi connectivity index (χ4n) is 1.66. The number of urea groups is 1. The van der Waals surface area contributed by atoms with Gasteiger partial charge in [-0.15, -0.1) is 11.3 Å². The molecule has 0 unspecified atom stereocenters. The molecule has 0 aliphatic carbocycles. The Hall–Kier alpha value is -2.75. The first-order valence-corrected chi connectivity index (χ1v) is 7.96. The maximum atomic E-state index is 11.7. The van der Waals surface area contributed by atoms with E-state index in [0.717, 1.165) is 4.88 Å². The number of ether oxygens (including phenoxy) is 1. The molecular weight excluding hydrogens is 336 g/mol. The van der Waals surface area contributed by atoms with Gasteiger partial charge in [-0.1, -0.05) is 11.2 Å². The predicted octanol–water partition coefficient (Wildman–Crippen LogP) is 1.12. The van der Waals surface area contributed by atoms with E-state index < -0.39 is 24.0 Å². The molecule has 0 saturated carbocycles. The molecule has 2 N–H and O–H groups in total. The number of thiophene rings is 1. The largest absolute Gasteiger partial charge is 0.453 e. The number of nitrogens with one attached hydrogen (secondary N) is 2. The minimum absolute atomic E-state index is 0.0241. The Labute approximate surface area is 141 Å². The van der Waals surface area contributed by atoms with E-state index >= 15 is 0 Å².